The monoisotopic (exact) mass is 364 g/mol. The van der Waals surface area contributed by atoms with E-state index in [0.29, 0.717) is 30.5 Å². The Bertz CT molecular complexity index is 866. The van der Waals surface area contributed by atoms with Crippen LogP contribution in [0.2, 0.25) is 0 Å². The largest absolute Gasteiger partial charge is 0.454 e. The van der Waals surface area contributed by atoms with Crippen molar-refractivity contribution in [3.63, 3.8) is 0 Å². The van der Waals surface area contributed by atoms with Gasteiger partial charge in [-0.3, -0.25) is 4.72 Å². The molecule has 10 heteroatoms. The molecule has 4 rings (SSSR count). The zero-order valence-corrected chi connectivity index (χ0v) is 14.0. The summed E-state index contributed by atoms with van der Waals surface area (Å²) >= 11 is 0. The SMILES string of the molecule is O=S(=O)(Nc1ccc(N2CCOCC2)nn1)c1ccc2c(c1)OCO2. The van der Waals surface area contributed by atoms with Crippen molar-refractivity contribution >= 4 is 21.7 Å². The summed E-state index contributed by atoms with van der Waals surface area (Å²) in [6.45, 7) is 2.83. The van der Waals surface area contributed by atoms with E-state index in [2.05, 4.69) is 14.9 Å². The van der Waals surface area contributed by atoms with Crippen molar-refractivity contribution in [3.05, 3.63) is 30.3 Å². The van der Waals surface area contributed by atoms with Crippen LogP contribution >= 0.6 is 0 Å². The fraction of sp³-hybridized carbons (Fsp3) is 0.333. The van der Waals surface area contributed by atoms with E-state index in [0.717, 1.165) is 13.1 Å². The number of hydrogen-bond donors (Lipinski definition) is 1. The van der Waals surface area contributed by atoms with E-state index in [1.54, 1.807) is 18.2 Å². The van der Waals surface area contributed by atoms with E-state index in [1.807, 2.05) is 4.90 Å². The Balaban J connectivity index is 1.50. The average molecular weight is 364 g/mol. The number of nitrogens with zero attached hydrogens (tertiary/aromatic N) is 3. The minimum Gasteiger partial charge on any atom is -0.454 e. The van der Waals surface area contributed by atoms with Crippen molar-refractivity contribution in [3.8, 4) is 11.5 Å². The van der Waals surface area contributed by atoms with Gasteiger partial charge in [0.15, 0.2) is 23.1 Å². The van der Waals surface area contributed by atoms with Crippen LogP contribution in [-0.2, 0) is 14.8 Å². The molecule has 1 aromatic carbocycles. The smallest absolute Gasteiger partial charge is 0.263 e. The molecule has 2 aliphatic rings. The molecule has 1 fully saturated rings. The van der Waals surface area contributed by atoms with Gasteiger partial charge in [0.05, 0.1) is 18.1 Å². The zero-order chi connectivity index (χ0) is 17.3. The van der Waals surface area contributed by atoms with Gasteiger partial charge in [0, 0.05) is 19.2 Å². The van der Waals surface area contributed by atoms with E-state index in [1.165, 1.54) is 12.1 Å². The predicted molar refractivity (Wildman–Crippen MR) is 88.4 cm³/mol. The minimum absolute atomic E-state index is 0.0656. The molecule has 3 heterocycles. The number of hydrogen-bond acceptors (Lipinski definition) is 8. The number of sulfonamides is 1. The molecule has 0 aliphatic carbocycles. The first kappa shape index (κ1) is 15.9. The first-order valence-electron chi connectivity index (χ1n) is 7.71. The van der Waals surface area contributed by atoms with Crippen molar-refractivity contribution in [2.24, 2.45) is 0 Å². The summed E-state index contributed by atoms with van der Waals surface area (Å²) in [6, 6.07) is 7.74. The lowest BCUT2D eigenvalue weighted by atomic mass is 10.3. The molecule has 0 amide bonds. The van der Waals surface area contributed by atoms with Crippen LogP contribution in [0, 0.1) is 0 Å². The summed E-state index contributed by atoms with van der Waals surface area (Å²) < 4.78 is 43.1. The third-order valence-electron chi connectivity index (χ3n) is 3.88. The summed E-state index contributed by atoms with van der Waals surface area (Å²) in [5.41, 5.74) is 0. The summed E-state index contributed by atoms with van der Waals surface area (Å²) in [6.07, 6.45) is 0. The second-order valence-corrected chi connectivity index (χ2v) is 7.18. The summed E-state index contributed by atoms with van der Waals surface area (Å²) in [7, 11) is -3.79. The second-order valence-electron chi connectivity index (χ2n) is 5.50. The third-order valence-corrected chi connectivity index (χ3v) is 5.23. The van der Waals surface area contributed by atoms with Crippen LogP contribution in [0.5, 0.6) is 11.5 Å². The van der Waals surface area contributed by atoms with Crippen molar-refractivity contribution < 1.29 is 22.6 Å². The summed E-state index contributed by atoms with van der Waals surface area (Å²) in [4.78, 5) is 2.10. The van der Waals surface area contributed by atoms with Crippen molar-refractivity contribution in [1.29, 1.82) is 0 Å². The van der Waals surface area contributed by atoms with Crippen LogP contribution < -0.4 is 19.1 Å². The number of nitrogens with one attached hydrogen (secondary N) is 1. The summed E-state index contributed by atoms with van der Waals surface area (Å²) in [5, 5.41) is 8.05. The molecule has 1 N–H and O–H groups in total. The molecular weight excluding hydrogens is 348 g/mol. The van der Waals surface area contributed by atoms with Gasteiger partial charge in [-0.15, -0.1) is 10.2 Å². The van der Waals surface area contributed by atoms with Gasteiger partial charge in [0.1, 0.15) is 0 Å². The van der Waals surface area contributed by atoms with Crippen molar-refractivity contribution in [2.45, 2.75) is 4.90 Å². The lowest BCUT2D eigenvalue weighted by Crippen LogP contribution is -2.36. The molecule has 0 spiro atoms. The molecule has 0 bridgehead atoms. The zero-order valence-electron chi connectivity index (χ0n) is 13.2. The summed E-state index contributed by atoms with van der Waals surface area (Å²) in [5.74, 6) is 1.76. The van der Waals surface area contributed by atoms with Crippen LogP contribution in [0.4, 0.5) is 11.6 Å². The molecule has 1 saturated heterocycles. The quantitative estimate of drug-likeness (QED) is 0.851. The standard InChI is InChI=1S/C15H16N4O5S/c20-25(21,11-1-2-12-13(9-11)24-10-23-12)18-14-3-4-15(17-16-14)19-5-7-22-8-6-19/h1-4,9H,5-8,10H2,(H,16,18). The molecule has 0 atom stereocenters. The molecular formula is C15H16N4O5S. The van der Waals surface area contributed by atoms with E-state index in [9.17, 15) is 8.42 Å². The van der Waals surface area contributed by atoms with Crippen LogP contribution in [0.3, 0.4) is 0 Å². The fourth-order valence-corrected chi connectivity index (χ4v) is 3.59. The minimum atomic E-state index is -3.79. The van der Waals surface area contributed by atoms with E-state index in [4.69, 9.17) is 14.2 Å². The van der Waals surface area contributed by atoms with Crippen molar-refractivity contribution in [1.82, 2.24) is 10.2 Å². The Morgan fingerprint density at radius 1 is 1.00 bits per heavy atom. The average Bonchev–Trinajstić information content (AvgIpc) is 3.10. The van der Waals surface area contributed by atoms with Gasteiger partial charge in [0.2, 0.25) is 6.79 Å². The number of anilines is 2. The number of aromatic nitrogens is 2. The number of morpholine rings is 1. The Kier molecular flexibility index (Phi) is 4.06. The number of rotatable bonds is 4. The Labute approximate surface area is 144 Å². The Morgan fingerprint density at radius 3 is 2.56 bits per heavy atom. The first-order chi connectivity index (χ1) is 12.1. The number of ether oxygens (including phenoxy) is 3. The van der Waals surface area contributed by atoms with Crippen LogP contribution in [0.1, 0.15) is 0 Å². The third kappa shape index (κ3) is 3.30. The molecule has 2 aromatic rings. The van der Waals surface area contributed by atoms with Crippen LogP contribution in [-0.4, -0.2) is 51.7 Å². The van der Waals surface area contributed by atoms with E-state index in [-0.39, 0.29) is 17.5 Å². The highest BCUT2D eigenvalue weighted by Gasteiger charge is 2.21. The van der Waals surface area contributed by atoms with Gasteiger partial charge in [-0.2, -0.15) is 0 Å². The van der Waals surface area contributed by atoms with Gasteiger partial charge in [-0.1, -0.05) is 0 Å². The van der Waals surface area contributed by atoms with Gasteiger partial charge in [0.25, 0.3) is 10.0 Å². The molecule has 1 aromatic heterocycles. The van der Waals surface area contributed by atoms with Gasteiger partial charge < -0.3 is 19.1 Å². The molecule has 0 saturated carbocycles. The number of fused-ring (bicyclic) bond motifs is 1. The highest BCUT2D eigenvalue weighted by molar-refractivity contribution is 7.92. The van der Waals surface area contributed by atoms with Gasteiger partial charge in [-0.25, -0.2) is 8.42 Å². The normalized spacial score (nSPS) is 16.7. The molecule has 0 radical (unpaired) electrons. The molecule has 9 nitrogen and oxygen atoms in total. The van der Waals surface area contributed by atoms with E-state index >= 15 is 0 Å². The highest BCUT2D eigenvalue weighted by atomic mass is 32.2. The van der Waals surface area contributed by atoms with Gasteiger partial charge in [-0.05, 0) is 24.3 Å². The molecule has 2 aliphatic heterocycles. The molecule has 132 valence electrons. The maximum atomic E-state index is 12.5. The second kappa shape index (κ2) is 6.37. The Morgan fingerprint density at radius 2 is 1.80 bits per heavy atom. The van der Waals surface area contributed by atoms with Crippen LogP contribution in [0.15, 0.2) is 35.2 Å². The predicted octanol–water partition coefficient (Wildman–Crippen LogP) is 0.843. The van der Waals surface area contributed by atoms with Crippen molar-refractivity contribution in [2.75, 3.05) is 42.7 Å². The maximum absolute atomic E-state index is 12.5. The van der Waals surface area contributed by atoms with Crippen LogP contribution in [0.25, 0.3) is 0 Å². The first-order valence-corrected chi connectivity index (χ1v) is 9.19. The van der Waals surface area contributed by atoms with E-state index < -0.39 is 10.0 Å². The van der Waals surface area contributed by atoms with Gasteiger partial charge >= 0.3 is 0 Å². The lowest BCUT2D eigenvalue weighted by Gasteiger charge is -2.27. The topological polar surface area (TPSA) is 103 Å². The highest BCUT2D eigenvalue weighted by Crippen LogP contribution is 2.34. The fourth-order valence-electron chi connectivity index (χ4n) is 2.58. The lowest BCUT2D eigenvalue weighted by molar-refractivity contribution is 0.122. The maximum Gasteiger partial charge on any atom is 0.263 e. The molecule has 25 heavy (non-hydrogen) atoms. The molecule has 0 unspecified atom stereocenters. The number of benzene rings is 1. The Hall–Kier alpha value is -2.59.